The Labute approximate surface area is 175 Å². The third kappa shape index (κ3) is 14.5. The van der Waals surface area contributed by atoms with Gasteiger partial charge in [0, 0.05) is 19.1 Å². The summed E-state index contributed by atoms with van der Waals surface area (Å²) >= 11 is 13.0. The molecule has 156 valence electrons. The molecule has 0 aromatic heterocycles. The molecule has 5 nitrogen and oxygen atoms in total. The molecule has 1 N–H and O–H groups in total. The Hall–Kier alpha value is 0.400. The molecule has 0 aromatic carbocycles. The van der Waals surface area contributed by atoms with Gasteiger partial charge in [0.2, 0.25) is 5.91 Å². The smallest absolute Gasteiger partial charge is 0.222 e. The molecule has 0 bridgehead atoms. The third-order valence-electron chi connectivity index (χ3n) is 4.12. The highest BCUT2D eigenvalue weighted by Crippen LogP contribution is 2.26. The number of carbonyl (C=O) groups is 1. The van der Waals surface area contributed by atoms with Crippen molar-refractivity contribution in [2.75, 3.05) is 57.4 Å². The molecule has 0 saturated heterocycles. The van der Waals surface area contributed by atoms with Crippen molar-refractivity contribution in [3.63, 3.8) is 0 Å². The molecule has 0 atom stereocenters. The molecule has 0 aliphatic heterocycles. The van der Waals surface area contributed by atoms with Crippen LogP contribution in [0.3, 0.4) is 0 Å². The number of ether oxygens (including phenoxy) is 3. The van der Waals surface area contributed by atoms with Gasteiger partial charge in [-0.15, -0.1) is 0 Å². The predicted molar refractivity (Wildman–Crippen MR) is 118 cm³/mol. The fourth-order valence-electron chi connectivity index (χ4n) is 2.80. The largest absolute Gasteiger partial charge is 0.382 e. The van der Waals surface area contributed by atoms with E-state index >= 15 is 0 Å². The molecule has 8 heteroatoms. The van der Waals surface area contributed by atoms with Crippen LogP contribution in [-0.4, -0.2) is 68.8 Å². The Bertz CT molecular complexity index is 314. The van der Waals surface area contributed by atoms with E-state index in [2.05, 4.69) is 43.2 Å². The summed E-state index contributed by atoms with van der Waals surface area (Å²) in [6.45, 7) is 2.54. The number of rotatable bonds is 19. The van der Waals surface area contributed by atoms with Gasteiger partial charge in [-0.25, -0.2) is 0 Å². The van der Waals surface area contributed by atoms with Gasteiger partial charge in [0.05, 0.1) is 33.0 Å². The summed E-state index contributed by atoms with van der Waals surface area (Å²) < 4.78 is 15.7. The van der Waals surface area contributed by atoms with E-state index in [1.807, 2.05) is 0 Å². The molecule has 0 rings (SSSR count). The summed E-state index contributed by atoms with van der Waals surface area (Å²) in [7, 11) is 1.64. The maximum Gasteiger partial charge on any atom is 0.222 e. The summed E-state index contributed by atoms with van der Waals surface area (Å²) in [4.78, 5) is 12.4. The number of carbonyl (C=O) groups excluding carboxylic acids is 1. The van der Waals surface area contributed by atoms with Gasteiger partial charge in [-0.05, 0) is 55.8 Å². The zero-order valence-electron chi connectivity index (χ0n) is 16.1. The van der Waals surface area contributed by atoms with Gasteiger partial charge in [0.25, 0.3) is 0 Å². The molecule has 1 amide bonds. The zero-order valence-corrected chi connectivity index (χ0v) is 18.8. The average Bonchev–Trinajstić information content (AvgIpc) is 2.65. The highest BCUT2D eigenvalue weighted by molar-refractivity contribution is 7.80. The Morgan fingerprint density at radius 1 is 0.808 bits per heavy atom. The van der Waals surface area contributed by atoms with Gasteiger partial charge < -0.3 is 19.5 Å². The van der Waals surface area contributed by atoms with E-state index in [1.54, 1.807) is 7.11 Å². The standard InChI is InChI=1S/C18H37NO4S3/c1-21-10-11-23-13-12-22-9-5-17(20)19-18(6-2-14-24,7-3-15-25)8-4-16-26/h24-26H,2-16H2,1H3,(H,19,20). The van der Waals surface area contributed by atoms with Crippen molar-refractivity contribution in [2.45, 2.75) is 50.5 Å². The average molecular weight is 428 g/mol. The van der Waals surface area contributed by atoms with Crippen molar-refractivity contribution in [3.05, 3.63) is 0 Å². The van der Waals surface area contributed by atoms with Gasteiger partial charge >= 0.3 is 0 Å². The lowest BCUT2D eigenvalue weighted by molar-refractivity contribution is -0.124. The lowest BCUT2D eigenvalue weighted by Crippen LogP contribution is -2.49. The molecule has 0 heterocycles. The maximum atomic E-state index is 12.4. The SMILES string of the molecule is COCCOCCOCCC(=O)NC(CCCS)(CCCS)CCCS. The second-order valence-corrected chi connectivity index (χ2v) is 7.62. The first-order chi connectivity index (χ1) is 12.6. The van der Waals surface area contributed by atoms with Crippen LogP contribution in [0.4, 0.5) is 0 Å². The van der Waals surface area contributed by atoms with Crippen molar-refractivity contribution >= 4 is 43.8 Å². The maximum absolute atomic E-state index is 12.4. The van der Waals surface area contributed by atoms with Crippen LogP contribution in [0.1, 0.15) is 44.9 Å². The minimum Gasteiger partial charge on any atom is -0.382 e. The van der Waals surface area contributed by atoms with E-state index in [1.165, 1.54) is 0 Å². The highest BCUT2D eigenvalue weighted by Gasteiger charge is 2.30. The third-order valence-corrected chi connectivity index (χ3v) is 5.07. The molecule has 26 heavy (non-hydrogen) atoms. The van der Waals surface area contributed by atoms with Crippen LogP contribution in [0, 0.1) is 0 Å². The first kappa shape index (κ1) is 26.4. The van der Waals surface area contributed by atoms with Crippen LogP contribution in [0.2, 0.25) is 0 Å². The lowest BCUT2D eigenvalue weighted by atomic mass is 9.84. The van der Waals surface area contributed by atoms with E-state index in [9.17, 15) is 4.79 Å². The molecule has 0 radical (unpaired) electrons. The van der Waals surface area contributed by atoms with Crippen molar-refractivity contribution in [2.24, 2.45) is 0 Å². The topological polar surface area (TPSA) is 56.8 Å². The fraction of sp³-hybridized carbons (Fsp3) is 0.944. The monoisotopic (exact) mass is 427 g/mol. The van der Waals surface area contributed by atoms with E-state index in [0.29, 0.717) is 39.5 Å². The first-order valence-electron chi connectivity index (χ1n) is 9.42. The normalized spacial score (nSPS) is 11.7. The van der Waals surface area contributed by atoms with Crippen LogP contribution >= 0.6 is 37.9 Å². The van der Waals surface area contributed by atoms with E-state index in [4.69, 9.17) is 14.2 Å². The summed E-state index contributed by atoms with van der Waals surface area (Å²) in [5.74, 6) is 2.52. The van der Waals surface area contributed by atoms with Crippen molar-refractivity contribution in [1.82, 2.24) is 5.32 Å². The molecule has 0 aromatic rings. The van der Waals surface area contributed by atoms with Crippen molar-refractivity contribution in [3.8, 4) is 0 Å². The Morgan fingerprint density at radius 3 is 1.73 bits per heavy atom. The Balaban J connectivity index is 4.28. The minimum absolute atomic E-state index is 0.0443. The first-order valence-corrected chi connectivity index (χ1v) is 11.3. The summed E-state index contributed by atoms with van der Waals surface area (Å²) in [6.07, 6.45) is 6.14. The summed E-state index contributed by atoms with van der Waals surface area (Å²) in [5.41, 5.74) is -0.172. The van der Waals surface area contributed by atoms with Gasteiger partial charge in [-0.1, -0.05) is 0 Å². The van der Waals surface area contributed by atoms with Gasteiger partial charge in [0.15, 0.2) is 0 Å². The van der Waals surface area contributed by atoms with Crippen LogP contribution in [0.15, 0.2) is 0 Å². The number of amides is 1. The molecule has 0 saturated carbocycles. The molecule has 0 unspecified atom stereocenters. The Kier molecular flexibility index (Phi) is 19.0. The summed E-state index contributed by atoms with van der Waals surface area (Å²) in [5, 5.41) is 3.29. The van der Waals surface area contributed by atoms with E-state index < -0.39 is 0 Å². The van der Waals surface area contributed by atoms with Gasteiger partial charge in [-0.2, -0.15) is 37.9 Å². The second-order valence-electron chi connectivity index (χ2n) is 6.28. The second kappa shape index (κ2) is 18.7. The van der Waals surface area contributed by atoms with Crippen LogP contribution in [0.25, 0.3) is 0 Å². The number of thiol groups is 3. The van der Waals surface area contributed by atoms with Gasteiger partial charge in [0.1, 0.15) is 0 Å². The molecule has 0 spiro atoms. The number of nitrogens with one attached hydrogen (secondary N) is 1. The van der Waals surface area contributed by atoms with Crippen LogP contribution < -0.4 is 5.32 Å². The molecule has 0 aliphatic rings. The van der Waals surface area contributed by atoms with E-state index in [0.717, 1.165) is 55.8 Å². The molecular formula is C18H37NO4S3. The lowest BCUT2D eigenvalue weighted by Gasteiger charge is -2.35. The fourth-order valence-corrected chi connectivity index (χ4v) is 3.28. The van der Waals surface area contributed by atoms with Crippen molar-refractivity contribution < 1.29 is 19.0 Å². The minimum atomic E-state index is -0.172. The number of hydrogen-bond donors (Lipinski definition) is 4. The van der Waals surface area contributed by atoms with E-state index in [-0.39, 0.29) is 11.4 Å². The summed E-state index contributed by atoms with van der Waals surface area (Å²) in [6, 6.07) is 0. The van der Waals surface area contributed by atoms with Gasteiger partial charge in [-0.3, -0.25) is 4.79 Å². The quantitative estimate of drug-likeness (QED) is 0.189. The highest BCUT2D eigenvalue weighted by atomic mass is 32.1. The van der Waals surface area contributed by atoms with Crippen LogP contribution in [0.5, 0.6) is 0 Å². The zero-order chi connectivity index (χ0) is 19.5. The molecular weight excluding hydrogens is 390 g/mol. The molecule has 0 fully saturated rings. The number of methoxy groups -OCH3 is 1. The predicted octanol–water partition coefficient (Wildman–Crippen LogP) is 3.04. The Morgan fingerprint density at radius 2 is 1.27 bits per heavy atom. The van der Waals surface area contributed by atoms with Crippen LogP contribution in [-0.2, 0) is 19.0 Å². The van der Waals surface area contributed by atoms with Crippen molar-refractivity contribution in [1.29, 1.82) is 0 Å². The molecule has 0 aliphatic carbocycles. The number of hydrogen-bond acceptors (Lipinski definition) is 7.